The summed E-state index contributed by atoms with van der Waals surface area (Å²) < 4.78 is 0. The maximum atomic E-state index is 6.16. The molecule has 1 aliphatic carbocycles. The van der Waals surface area contributed by atoms with Crippen molar-refractivity contribution in [2.24, 2.45) is 11.7 Å². The molecule has 18 heavy (non-hydrogen) atoms. The van der Waals surface area contributed by atoms with Gasteiger partial charge in [-0.05, 0) is 59.2 Å². The van der Waals surface area contributed by atoms with Crippen molar-refractivity contribution < 1.29 is 0 Å². The first-order valence-corrected chi connectivity index (χ1v) is 7.69. The van der Waals surface area contributed by atoms with E-state index < -0.39 is 0 Å². The van der Waals surface area contributed by atoms with Crippen LogP contribution in [0.2, 0.25) is 0 Å². The Kier molecular flexibility index (Phi) is 4.68. The zero-order chi connectivity index (χ0) is 13.2. The smallest absolute Gasteiger partial charge is 0.0355 e. The summed E-state index contributed by atoms with van der Waals surface area (Å²) in [6, 6.07) is 0.660. The van der Waals surface area contributed by atoms with Gasteiger partial charge >= 0.3 is 0 Å². The highest BCUT2D eigenvalue weighted by atomic mass is 15.2. The molecule has 106 valence electrons. The maximum Gasteiger partial charge on any atom is 0.0355 e. The van der Waals surface area contributed by atoms with Crippen LogP contribution in [0.3, 0.4) is 0 Å². The summed E-state index contributed by atoms with van der Waals surface area (Å²) in [4.78, 5) is 5.07. The van der Waals surface area contributed by atoms with Gasteiger partial charge in [0.1, 0.15) is 0 Å². The van der Waals surface area contributed by atoms with Crippen LogP contribution in [0.15, 0.2) is 0 Å². The molecule has 2 rings (SSSR count). The molecule has 0 bridgehead atoms. The van der Waals surface area contributed by atoms with Gasteiger partial charge in [0.25, 0.3) is 0 Å². The van der Waals surface area contributed by atoms with Crippen molar-refractivity contribution in [2.75, 3.05) is 33.7 Å². The third kappa shape index (κ3) is 2.89. The number of rotatable bonds is 4. The van der Waals surface area contributed by atoms with Crippen LogP contribution < -0.4 is 5.73 Å². The van der Waals surface area contributed by atoms with Gasteiger partial charge < -0.3 is 10.6 Å². The highest BCUT2D eigenvalue weighted by Crippen LogP contribution is 2.33. The Balaban J connectivity index is 1.97. The van der Waals surface area contributed by atoms with E-state index in [1.807, 2.05) is 0 Å². The second kappa shape index (κ2) is 5.89. The molecule has 0 aromatic carbocycles. The number of likely N-dealkylation sites (N-methyl/N-ethyl adjacent to an activating group) is 1. The zero-order valence-corrected chi connectivity index (χ0v) is 12.5. The minimum absolute atomic E-state index is 0.258. The van der Waals surface area contributed by atoms with E-state index in [1.165, 1.54) is 51.6 Å². The van der Waals surface area contributed by atoms with Gasteiger partial charge in [0, 0.05) is 24.7 Å². The Bertz CT molecular complexity index is 262. The molecule has 0 radical (unpaired) electrons. The normalized spacial score (nSPS) is 35.5. The molecular formula is C15H31N3. The fourth-order valence-electron chi connectivity index (χ4n) is 3.87. The summed E-state index contributed by atoms with van der Waals surface area (Å²) >= 11 is 0. The van der Waals surface area contributed by atoms with Crippen LogP contribution in [0, 0.1) is 5.92 Å². The van der Waals surface area contributed by atoms with Crippen molar-refractivity contribution >= 4 is 0 Å². The van der Waals surface area contributed by atoms with E-state index in [4.69, 9.17) is 5.73 Å². The van der Waals surface area contributed by atoms with Crippen LogP contribution in [0.4, 0.5) is 0 Å². The molecule has 1 aliphatic heterocycles. The van der Waals surface area contributed by atoms with Gasteiger partial charge in [0.05, 0.1) is 0 Å². The number of likely N-dealkylation sites (tertiary alicyclic amines) is 1. The predicted octanol–water partition coefficient (Wildman–Crippen LogP) is 1.92. The largest absolute Gasteiger partial charge is 0.329 e. The maximum absolute atomic E-state index is 6.16. The fourth-order valence-corrected chi connectivity index (χ4v) is 3.87. The highest BCUT2D eigenvalue weighted by Gasteiger charge is 2.39. The van der Waals surface area contributed by atoms with E-state index in [-0.39, 0.29) is 5.54 Å². The summed E-state index contributed by atoms with van der Waals surface area (Å²) in [5.74, 6) is 0.924. The van der Waals surface area contributed by atoms with E-state index >= 15 is 0 Å². The van der Waals surface area contributed by atoms with Crippen LogP contribution in [0.25, 0.3) is 0 Å². The molecule has 3 heteroatoms. The average molecular weight is 253 g/mol. The van der Waals surface area contributed by atoms with Crippen LogP contribution in [-0.4, -0.2) is 55.1 Å². The molecule has 0 spiro atoms. The number of piperidine rings is 1. The Morgan fingerprint density at radius 3 is 2.56 bits per heavy atom. The van der Waals surface area contributed by atoms with Crippen LogP contribution in [-0.2, 0) is 0 Å². The Morgan fingerprint density at radius 1 is 1.33 bits per heavy atom. The molecule has 2 fully saturated rings. The van der Waals surface area contributed by atoms with Crippen molar-refractivity contribution in [3.63, 3.8) is 0 Å². The van der Waals surface area contributed by atoms with Crippen molar-refractivity contribution in [1.29, 1.82) is 0 Å². The van der Waals surface area contributed by atoms with Crippen molar-refractivity contribution in [2.45, 2.75) is 57.0 Å². The Labute approximate surface area is 113 Å². The quantitative estimate of drug-likeness (QED) is 0.831. The second-order valence-corrected chi connectivity index (χ2v) is 6.74. The van der Waals surface area contributed by atoms with E-state index in [1.54, 1.807) is 0 Å². The molecule has 1 saturated heterocycles. The molecule has 2 N–H and O–H groups in total. The summed E-state index contributed by atoms with van der Waals surface area (Å²) in [7, 11) is 4.55. The lowest BCUT2D eigenvalue weighted by Gasteiger charge is -2.49. The molecule has 2 aliphatic rings. The first-order chi connectivity index (χ1) is 8.57. The topological polar surface area (TPSA) is 32.5 Å². The van der Waals surface area contributed by atoms with E-state index in [0.717, 1.165) is 12.5 Å². The molecule has 2 atom stereocenters. The number of hydrogen-bond donors (Lipinski definition) is 1. The summed E-state index contributed by atoms with van der Waals surface area (Å²) in [5.41, 5.74) is 6.42. The zero-order valence-electron chi connectivity index (χ0n) is 12.5. The summed E-state index contributed by atoms with van der Waals surface area (Å²) in [6.45, 7) is 5.60. The second-order valence-electron chi connectivity index (χ2n) is 6.74. The van der Waals surface area contributed by atoms with Crippen molar-refractivity contribution in [3.8, 4) is 0 Å². The van der Waals surface area contributed by atoms with E-state index in [0.29, 0.717) is 6.04 Å². The Hall–Kier alpha value is -0.120. The average Bonchev–Trinajstić information content (AvgIpc) is 2.85. The Morgan fingerprint density at radius 2 is 2.00 bits per heavy atom. The third-order valence-electron chi connectivity index (χ3n) is 5.55. The number of hydrogen-bond acceptors (Lipinski definition) is 3. The van der Waals surface area contributed by atoms with Crippen LogP contribution >= 0.6 is 0 Å². The minimum Gasteiger partial charge on any atom is -0.329 e. The van der Waals surface area contributed by atoms with Gasteiger partial charge in [0.15, 0.2) is 0 Å². The summed E-state index contributed by atoms with van der Waals surface area (Å²) in [5, 5.41) is 0. The van der Waals surface area contributed by atoms with Gasteiger partial charge in [-0.3, -0.25) is 4.90 Å². The van der Waals surface area contributed by atoms with Crippen LogP contribution in [0.1, 0.15) is 45.4 Å². The fraction of sp³-hybridized carbons (Fsp3) is 1.00. The minimum atomic E-state index is 0.258. The molecule has 1 saturated carbocycles. The van der Waals surface area contributed by atoms with Crippen LogP contribution in [0.5, 0.6) is 0 Å². The molecular weight excluding hydrogens is 222 g/mol. The lowest BCUT2D eigenvalue weighted by atomic mass is 9.82. The van der Waals surface area contributed by atoms with Gasteiger partial charge in [-0.1, -0.05) is 12.8 Å². The standard InChI is InChI=1S/C15H31N3/c1-13-10-15(12-16,8-9-17(13)2)18(3)11-14-6-4-5-7-14/h13-14H,4-12,16H2,1-3H3. The number of nitrogens with zero attached hydrogens (tertiary/aromatic N) is 2. The SMILES string of the molecule is CC1CC(CN)(N(C)CC2CCCC2)CCN1C. The lowest BCUT2D eigenvalue weighted by Crippen LogP contribution is -2.60. The molecule has 0 amide bonds. The molecule has 2 unspecified atom stereocenters. The number of nitrogens with two attached hydrogens (primary N) is 1. The van der Waals surface area contributed by atoms with Crippen molar-refractivity contribution in [3.05, 3.63) is 0 Å². The van der Waals surface area contributed by atoms with Crippen molar-refractivity contribution in [1.82, 2.24) is 9.80 Å². The van der Waals surface area contributed by atoms with E-state index in [2.05, 4.69) is 30.8 Å². The monoisotopic (exact) mass is 253 g/mol. The van der Waals surface area contributed by atoms with Gasteiger partial charge in [0.2, 0.25) is 0 Å². The first kappa shape index (κ1) is 14.3. The molecule has 1 heterocycles. The lowest BCUT2D eigenvalue weighted by molar-refractivity contribution is 0.0186. The first-order valence-electron chi connectivity index (χ1n) is 7.69. The molecule has 0 aromatic rings. The molecule has 0 aromatic heterocycles. The molecule has 3 nitrogen and oxygen atoms in total. The van der Waals surface area contributed by atoms with E-state index in [9.17, 15) is 0 Å². The summed E-state index contributed by atoms with van der Waals surface area (Å²) in [6.07, 6.45) is 8.19. The third-order valence-corrected chi connectivity index (χ3v) is 5.55. The van der Waals surface area contributed by atoms with Gasteiger partial charge in [-0.2, -0.15) is 0 Å². The van der Waals surface area contributed by atoms with Gasteiger partial charge in [-0.15, -0.1) is 0 Å². The van der Waals surface area contributed by atoms with Gasteiger partial charge in [-0.25, -0.2) is 0 Å². The highest BCUT2D eigenvalue weighted by molar-refractivity contribution is 4.98. The predicted molar refractivity (Wildman–Crippen MR) is 77.7 cm³/mol.